The van der Waals surface area contributed by atoms with Crippen LogP contribution in [0.2, 0.25) is 0 Å². The normalized spacial score (nSPS) is 12.3. The van der Waals surface area contributed by atoms with Crippen molar-refractivity contribution in [1.82, 2.24) is 4.31 Å². The summed E-state index contributed by atoms with van der Waals surface area (Å²) in [6, 6.07) is 12.2. The number of hydrogen-bond donors (Lipinski definition) is 1. The molecule has 0 bridgehead atoms. The van der Waals surface area contributed by atoms with Crippen molar-refractivity contribution in [3.63, 3.8) is 0 Å². The molecule has 0 aromatic heterocycles. The lowest BCUT2D eigenvalue weighted by Crippen LogP contribution is -2.30. The maximum Gasteiger partial charge on any atom is 0.261 e. The summed E-state index contributed by atoms with van der Waals surface area (Å²) in [6.07, 6.45) is 0. The average molecular weight is 383 g/mol. The molecule has 0 aliphatic rings. The van der Waals surface area contributed by atoms with Gasteiger partial charge in [-0.25, -0.2) is 16.8 Å². The standard InChI is InChI=1S/C17H22N2O4S2/c1-4-19(5-2)25(22,23)17-12-10-16(11-13-17)24(20,21)18-15-8-6-14(3)7-9-15/h6-13,18H,4-5H2,1-3H3. The number of rotatable bonds is 7. The summed E-state index contributed by atoms with van der Waals surface area (Å²) in [4.78, 5) is 0.0806. The molecule has 0 spiro atoms. The monoisotopic (exact) mass is 382 g/mol. The molecule has 0 amide bonds. The van der Waals surface area contributed by atoms with E-state index in [2.05, 4.69) is 4.72 Å². The maximum atomic E-state index is 12.4. The molecule has 0 aliphatic carbocycles. The Morgan fingerprint density at radius 3 is 1.76 bits per heavy atom. The van der Waals surface area contributed by atoms with Crippen LogP contribution in [-0.2, 0) is 20.0 Å². The quantitative estimate of drug-likeness (QED) is 0.798. The van der Waals surface area contributed by atoms with Crippen LogP contribution in [0.3, 0.4) is 0 Å². The highest BCUT2D eigenvalue weighted by atomic mass is 32.2. The number of hydrogen-bond acceptors (Lipinski definition) is 4. The van der Waals surface area contributed by atoms with Crippen LogP contribution >= 0.6 is 0 Å². The smallest absolute Gasteiger partial charge is 0.261 e. The van der Waals surface area contributed by atoms with E-state index in [-0.39, 0.29) is 9.79 Å². The molecular weight excluding hydrogens is 360 g/mol. The summed E-state index contributed by atoms with van der Waals surface area (Å²) in [5.41, 5.74) is 1.47. The molecule has 2 rings (SSSR count). The van der Waals surface area contributed by atoms with Crippen molar-refractivity contribution in [1.29, 1.82) is 0 Å². The number of aryl methyl sites for hydroxylation is 1. The molecule has 0 saturated carbocycles. The number of nitrogens with one attached hydrogen (secondary N) is 1. The van der Waals surface area contributed by atoms with Crippen molar-refractivity contribution in [3.05, 3.63) is 54.1 Å². The Labute approximate surface area is 149 Å². The number of anilines is 1. The Balaban J connectivity index is 2.28. The van der Waals surface area contributed by atoms with E-state index in [0.29, 0.717) is 18.8 Å². The van der Waals surface area contributed by atoms with Crippen molar-refractivity contribution < 1.29 is 16.8 Å². The van der Waals surface area contributed by atoms with Crippen molar-refractivity contribution in [2.45, 2.75) is 30.6 Å². The first kappa shape index (κ1) is 19.4. The van der Waals surface area contributed by atoms with Crippen LogP contribution < -0.4 is 4.72 Å². The Hall–Kier alpha value is -1.90. The van der Waals surface area contributed by atoms with Crippen LogP contribution in [-0.4, -0.2) is 34.2 Å². The van der Waals surface area contributed by atoms with Crippen molar-refractivity contribution in [3.8, 4) is 0 Å². The molecule has 0 heterocycles. The molecule has 25 heavy (non-hydrogen) atoms. The summed E-state index contributed by atoms with van der Waals surface area (Å²) in [6.45, 7) is 6.13. The van der Waals surface area contributed by atoms with Crippen molar-refractivity contribution >= 4 is 25.7 Å². The summed E-state index contributed by atoms with van der Waals surface area (Å²) >= 11 is 0. The van der Waals surface area contributed by atoms with Crippen LogP contribution in [0.5, 0.6) is 0 Å². The molecule has 0 radical (unpaired) electrons. The lowest BCUT2D eigenvalue weighted by molar-refractivity contribution is 0.445. The molecular formula is C17H22N2O4S2. The lowest BCUT2D eigenvalue weighted by atomic mass is 10.2. The van der Waals surface area contributed by atoms with E-state index in [1.54, 1.807) is 38.1 Å². The van der Waals surface area contributed by atoms with Gasteiger partial charge in [-0.05, 0) is 43.3 Å². The van der Waals surface area contributed by atoms with E-state index in [0.717, 1.165) is 5.56 Å². The second kappa shape index (κ2) is 7.55. The van der Waals surface area contributed by atoms with Gasteiger partial charge < -0.3 is 0 Å². The first-order valence-electron chi connectivity index (χ1n) is 7.90. The third-order valence-electron chi connectivity index (χ3n) is 3.78. The van der Waals surface area contributed by atoms with E-state index < -0.39 is 20.0 Å². The van der Waals surface area contributed by atoms with Crippen LogP contribution in [0.4, 0.5) is 5.69 Å². The van der Waals surface area contributed by atoms with Gasteiger partial charge in [0.2, 0.25) is 10.0 Å². The van der Waals surface area contributed by atoms with Gasteiger partial charge in [-0.3, -0.25) is 4.72 Å². The zero-order chi connectivity index (χ0) is 18.7. The number of nitrogens with zero attached hydrogens (tertiary/aromatic N) is 1. The van der Waals surface area contributed by atoms with Gasteiger partial charge in [0, 0.05) is 18.8 Å². The van der Waals surface area contributed by atoms with Gasteiger partial charge in [0.1, 0.15) is 0 Å². The number of sulfonamides is 2. The molecule has 2 aromatic carbocycles. The highest BCUT2D eigenvalue weighted by Crippen LogP contribution is 2.20. The molecule has 0 aliphatic heterocycles. The molecule has 0 atom stereocenters. The first-order chi connectivity index (χ1) is 11.7. The lowest BCUT2D eigenvalue weighted by Gasteiger charge is -2.18. The highest BCUT2D eigenvalue weighted by molar-refractivity contribution is 7.92. The molecule has 8 heteroatoms. The molecule has 0 fully saturated rings. The fraction of sp³-hybridized carbons (Fsp3) is 0.294. The van der Waals surface area contributed by atoms with E-state index in [1.807, 2.05) is 6.92 Å². The summed E-state index contributed by atoms with van der Waals surface area (Å²) < 4.78 is 53.5. The van der Waals surface area contributed by atoms with Crippen molar-refractivity contribution in [2.75, 3.05) is 17.8 Å². The summed E-state index contributed by atoms with van der Waals surface area (Å²) in [5, 5.41) is 0. The third kappa shape index (κ3) is 4.39. The molecule has 6 nitrogen and oxygen atoms in total. The Bertz CT molecular complexity index is 916. The average Bonchev–Trinajstić information content (AvgIpc) is 2.58. The van der Waals surface area contributed by atoms with Gasteiger partial charge in [0.15, 0.2) is 0 Å². The summed E-state index contributed by atoms with van der Waals surface area (Å²) in [5.74, 6) is 0. The van der Waals surface area contributed by atoms with E-state index >= 15 is 0 Å². The van der Waals surface area contributed by atoms with Gasteiger partial charge in [0.25, 0.3) is 10.0 Å². The first-order valence-corrected chi connectivity index (χ1v) is 10.8. The predicted octanol–water partition coefficient (Wildman–Crippen LogP) is 2.83. The largest absolute Gasteiger partial charge is 0.280 e. The third-order valence-corrected chi connectivity index (χ3v) is 7.24. The second-order valence-electron chi connectivity index (χ2n) is 5.53. The van der Waals surface area contributed by atoms with Crippen LogP contribution in [0.1, 0.15) is 19.4 Å². The molecule has 1 N–H and O–H groups in total. The second-order valence-corrected chi connectivity index (χ2v) is 9.15. The minimum Gasteiger partial charge on any atom is -0.280 e. The van der Waals surface area contributed by atoms with Gasteiger partial charge in [0.05, 0.1) is 9.79 Å². The van der Waals surface area contributed by atoms with Crippen LogP contribution in [0.25, 0.3) is 0 Å². The van der Waals surface area contributed by atoms with Gasteiger partial charge in [-0.15, -0.1) is 0 Å². The zero-order valence-corrected chi connectivity index (χ0v) is 16.1. The topological polar surface area (TPSA) is 83.6 Å². The molecule has 2 aromatic rings. The van der Waals surface area contributed by atoms with Gasteiger partial charge in [-0.2, -0.15) is 4.31 Å². The minimum atomic E-state index is -3.78. The van der Waals surface area contributed by atoms with Gasteiger partial charge >= 0.3 is 0 Å². The fourth-order valence-corrected chi connectivity index (χ4v) is 4.86. The van der Waals surface area contributed by atoms with E-state index in [4.69, 9.17) is 0 Å². The Morgan fingerprint density at radius 2 is 1.28 bits per heavy atom. The van der Waals surface area contributed by atoms with Crippen LogP contribution in [0, 0.1) is 6.92 Å². The van der Waals surface area contributed by atoms with Crippen molar-refractivity contribution in [2.24, 2.45) is 0 Å². The van der Waals surface area contributed by atoms with E-state index in [1.165, 1.54) is 28.6 Å². The predicted molar refractivity (Wildman–Crippen MR) is 98.5 cm³/mol. The fourth-order valence-electron chi connectivity index (χ4n) is 2.34. The van der Waals surface area contributed by atoms with Gasteiger partial charge in [-0.1, -0.05) is 31.5 Å². The highest BCUT2D eigenvalue weighted by Gasteiger charge is 2.22. The number of benzene rings is 2. The van der Waals surface area contributed by atoms with E-state index in [9.17, 15) is 16.8 Å². The molecule has 0 saturated heterocycles. The molecule has 136 valence electrons. The minimum absolute atomic E-state index is 0.00609. The molecule has 0 unspecified atom stereocenters. The summed E-state index contributed by atoms with van der Waals surface area (Å²) in [7, 11) is -7.39. The zero-order valence-electron chi connectivity index (χ0n) is 14.4. The SMILES string of the molecule is CCN(CC)S(=O)(=O)c1ccc(S(=O)(=O)Nc2ccc(C)cc2)cc1. The Morgan fingerprint density at radius 1 is 0.800 bits per heavy atom. The Kier molecular flexibility index (Phi) is 5.87. The van der Waals surface area contributed by atoms with Crippen LogP contribution in [0.15, 0.2) is 58.3 Å². The maximum absolute atomic E-state index is 12.4.